The van der Waals surface area contributed by atoms with Crippen molar-refractivity contribution in [3.63, 3.8) is 0 Å². The Morgan fingerprint density at radius 1 is 1.17 bits per heavy atom. The van der Waals surface area contributed by atoms with Gasteiger partial charge in [0.1, 0.15) is 16.8 Å². The van der Waals surface area contributed by atoms with E-state index in [2.05, 4.69) is 5.48 Å². The van der Waals surface area contributed by atoms with Crippen LogP contribution in [0.2, 0.25) is 10.0 Å². The van der Waals surface area contributed by atoms with Crippen LogP contribution < -0.4 is 15.0 Å². The first-order valence-corrected chi connectivity index (χ1v) is 8.73. The summed E-state index contributed by atoms with van der Waals surface area (Å²) >= 11 is 23.3. The molecule has 0 unspecified atom stereocenters. The molecule has 1 N–H and O–H groups in total. The zero-order valence-corrected chi connectivity index (χ0v) is 16.3. The molecule has 8 heteroatoms. The molecule has 134 valence electrons. The SMILES string of the molecule is CC(C)ONC=CCCOc1c(Cl)cc(OCC=C(Cl)Cl)cc1Cl. The lowest BCUT2D eigenvalue weighted by Crippen LogP contribution is -2.13. The lowest BCUT2D eigenvalue weighted by molar-refractivity contribution is 0.0210. The van der Waals surface area contributed by atoms with Crippen molar-refractivity contribution in [1.29, 1.82) is 0 Å². The second kappa shape index (κ2) is 11.7. The standard InChI is InChI=1S/C16H19Cl4NO3/c1-11(2)24-21-6-3-4-7-23-16-13(17)9-12(10-14(16)18)22-8-5-15(19)20/h3,5-6,9-11,21H,4,7-8H2,1-2H3. The van der Waals surface area contributed by atoms with E-state index in [1.165, 1.54) is 6.08 Å². The molecule has 1 aromatic rings. The van der Waals surface area contributed by atoms with Crippen molar-refractivity contribution in [2.24, 2.45) is 0 Å². The third-order valence-electron chi connectivity index (χ3n) is 2.48. The molecule has 0 saturated heterocycles. The molecule has 1 rings (SSSR count). The van der Waals surface area contributed by atoms with Gasteiger partial charge >= 0.3 is 0 Å². The van der Waals surface area contributed by atoms with Gasteiger partial charge < -0.3 is 9.47 Å². The Labute approximate surface area is 162 Å². The highest BCUT2D eigenvalue weighted by Crippen LogP contribution is 2.37. The average Bonchev–Trinajstić information content (AvgIpc) is 2.47. The fourth-order valence-electron chi connectivity index (χ4n) is 1.49. The highest BCUT2D eigenvalue weighted by Gasteiger charge is 2.10. The molecule has 0 saturated carbocycles. The molecule has 0 amide bonds. The maximum Gasteiger partial charge on any atom is 0.156 e. The lowest BCUT2D eigenvalue weighted by Gasteiger charge is -2.11. The molecule has 0 radical (unpaired) electrons. The molecule has 0 heterocycles. The van der Waals surface area contributed by atoms with E-state index in [1.807, 2.05) is 19.9 Å². The minimum absolute atomic E-state index is 0.111. The van der Waals surface area contributed by atoms with Crippen molar-refractivity contribution in [3.05, 3.63) is 45.0 Å². The van der Waals surface area contributed by atoms with E-state index < -0.39 is 0 Å². The van der Waals surface area contributed by atoms with Crippen LogP contribution in [0.3, 0.4) is 0 Å². The van der Waals surface area contributed by atoms with Crippen LogP contribution in [0.4, 0.5) is 0 Å². The van der Waals surface area contributed by atoms with Crippen molar-refractivity contribution in [2.75, 3.05) is 13.2 Å². The third kappa shape index (κ3) is 8.90. The summed E-state index contributed by atoms with van der Waals surface area (Å²) in [5.74, 6) is 0.912. The van der Waals surface area contributed by atoms with Crippen LogP contribution in [0.5, 0.6) is 11.5 Å². The summed E-state index contributed by atoms with van der Waals surface area (Å²) in [6.45, 7) is 4.50. The Morgan fingerprint density at radius 2 is 1.83 bits per heavy atom. The van der Waals surface area contributed by atoms with Crippen LogP contribution in [0, 0.1) is 0 Å². The van der Waals surface area contributed by atoms with E-state index in [0.717, 1.165) is 0 Å². The van der Waals surface area contributed by atoms with Crippen LogP contribution in [0.1, 0.15) is 20.3 Å². The van der Waals surface area contributed by atoms with Gasteiger partial charge in [0.15, 0.2) is 5.75 Å². The van der Waals surface area contributed by atoms with Gasteiger partial charge in [0, 0.05) is 24.8 Å². The topological polar surface area (TPSA) is 39.7 Å². The van der Waals surface area contributed by atoms with Crippen LogP contribution >= 0.6 is 46.4 Å². The Kier molecular flexibility index (Phi) is 10.4. The van der Waals surface area contributed by atoms with Crippen LogP contribution in [0.15, 0.2) is 35.0 Å². The molecule has 4 nitrogen and oxygen atoms in total. The summed E-state index contributed by atoms with van der Waals surface area (Å²) < 4.78 is 11.2. The zero-order chi connectivity index (χ0) is 17.9. The van der Waals surface area contributed by atoms with E-state index >= 15 is 0 Å². The largest absolute Gasteiger partial charge is 0.490 e. The van der Waals surface area contributed by atoms with Crippen LogP contribution in [-0.4, -0.2) is 19.3 Å². The van der Waals surface area contributed by atoms with Crippen molar-refractivity contribution < 1.29 is 14.3 Å². The van der Waals surface area contributed by atoms with Gasteiger partial charge in [-0.1, -0.05) is 52.5 Å². The second-order valence-electron chi connectivity index (χ2n) is 4.84. The van der Waals surface area contributed by atoms with Crippen molar-refractivity contribution in [2.45, 2.75) is 26.4 Å². The number of hydrogen-bond acceptors (Lipinski definition) is 4. The first kappa shape index (κ1) is 21.3. The van der Waals surface area contributed by atoms with E-state index in [4.69, 9.17) is 60.7 Å². The molecule has 0 aliphatic carbocycles. The Hall–Kier alpha value is -0.780. The van der Waals surface area contributed by atoms with Crippen molar-refractivity contribution >= 4 is 46.4 Å². The van der Waals surface area contributed by atoms with Gasteiger partial charge in [0.2, 0.25) is 0 Å². The van der Waals surface area contributed by atoms with E-state index in [9.17, 15) is 0 Å². The molecule has 0 spiro atoms. The summed E-state index contributed by atoms with van der Waals surface area (Å²) in [6.07, 6.45) is 5.88. The molecule has 24 heavy (non-hydrogen) atoms. The van der Waals surface area contributed by atoms with Gasteiger partial charge in [-0.05, 0) is 19.9 Å². The molecule has 0 aromatic heterocycles. The Balaban J connectivity index is 2.47. The predicted octanol–water partition coefficient (Wildman–Crippen LogP) is 5.90. The number of nitrogens with one attached hydrogen (secondary N) is 1. The maximum atomic E-state index is 6.17. The summed E-state index contributed by atoms with van der Waals surface area (Å²) in [5.41, 5.74) is 2.71. The second-order valence-corrected chi connectivity index (χ2v) is 6.67. The molecular weight excluding hydrogens is 396 g/mol. The normalized spacial score (nSPS) is 11.0. The number of hydrogen-bond donors (Lipinski definition) is 1. The van der Waals surface area contributed by atoms with Gasteiger partial charge in [0.25, 0.3) is 0 Å². The summed E-state index contributed by atoms with van der Waals surface area (Å²) in [4.78, 5) is 5.15. The van der Waals surface area contributed by atoms with Crippen molar-refractivity contribution in [1.82, 2.24) is 5.48 Å². The molecule has 1 aromatic carbocycles. The smallest absolute Gasteiger partial charge is 0.156 e. The summed E-state index contributed by atoms with van der Waals surface area (Å²) in [7, 11) is 0. The van der Waals surface area contributed by atoms with E-state index in [0.29, 0.717) is 34.6 Å². The fourth-order valence-corrected chi connectivity index (χ4v) is 2.20. The van der Waals surface area contributed by atoms with E-state index in [-0.39, 0.29) is 17.2 Å². The predicted molar refractivity (Wildman–Crippen MR) is 100 cm³/mol. The van der Waals surface area contributed by atoms with E-state index in [1.54, 1.807) is 18.3 Å². The zero-order valence-electron chi connectivity index (χ0n) is 13.3. The first-order chi connectivity index (χ1) is 11.4. The average molecular weight is 415 g/mol. The highest BCUT2D eigenvalue weighted by molar-refractivity contribution is 6.55. The molecular formula is C16H19Cl4NO3. The number of hydroxylamine groups is 1. The molecule has 0 aliphatic heterocycles. The van der Waals surface area contributed by atoms with Crippen LogP contribution in [-0.2, 0) is 4.84 Å². The van der Waals surface area contributed by atoms with Gasteiger partial charge in [-0.25, -0.2) is 0 Å². The summed E-state index contributed by atoms with van der Waals surface area (Å²) in [5, 5.41) is 0.729. The molecule has 0 bridgehead atoms. The monoisotopic (exact) mass is 413 g/mol. The minimum atomic E-state index is 0.111. The maximum absolute atomic E-state index is 6.17. The number of benzene rings is 1. The van der Waals surface area contributed by atoms with Gasteiger partial charge in [-0.15, -0.1) is 0 Å². The fraction of sp³-hybridized carbons (Fsp3) is 0.375. The van der Waals surface area contributed by atoms with Crippen LogP contribution in [0.25, 0.3) is 0 Å². The first-order valence-electron chi connectivity index (χ1n) is 7.22. The third-order valence-corrected chi connectivity index (χ3v) is 3.35. The molecule has 0 fully saturated rings. The Morgan fingerprint density at radius 3 is 2.42 bits per heavy atom. The quantitative estimate of drug-likeness (QED) is 0.382. The molecule has 0 aliphatic rings. The highest BCUT2D eigenvalue weighted by atomic mass is 35.5. The van der Waals surface area contributed by atoms with Gasteiger partial charge in [0.05, 0.1) is 22.8 Å². The summed E-state index contributed by atoms with van der Waals surface area (Å²) in [6, 6.07) is 3.24. The molecule has 0 atom stereocenters. The number of ether oxygens (including phenoxy) is 2. The Bertz CT molecular complexity index is 549. The number of rotatable bonds is 10. The lowest BCUT2D eigenvalue weighted by atomic mass is 10.3. The number of halogens is 4. The van der Waals surface area contributed by atoms with Gasteiger partial charge in [-0.2, -0.15) is 0 Å². The minimum Gasteiger partial charge on any atom is -0.490 e. The van der Waals surface area contributed by atoms with Crippen molar-refractivity contribution in [3.8, 4) is 11.5 Å². The van der Waals surface area contributed by atoms with Gasteiger partial charge in [-0.3, -0.25) is 10.3 Å².